The lowest BCUT2D eigenvalue weighted by molar-refractivity contribution is -0.138. The zero-order chi connectivity index (χ0) is 20.6. The van der Waals surface area contributed by atoms with Crippen molar-refractivity contribution >= 4 is 17.4 Å². The van der Waals surface area contributed by atoms with E-state index >= 15 is 0 Å². The molecule has 152 valence electrons. The number of hydrogen-bond acceptors (Lipinski definition) is 4. The molecule has 2 rings (SSSR count). The third kappa shape index (κ3) is 5.95. The average molecular weight is 394 g/mol. The Hall–Kier alpha value is -2.61. The van der Waals surface area contributed by atoms with Crippen LogP contribution in [0.4, 0.5) is 24.7 Å². The van der Waals surface area contributed by atoms with E-state index in [0.717, 1.165) is 31.7 Å². The summed E-state index contributed by atoms with van der Waals surface area (Å²) in [5.74, 6) is -0.107. The van der Waals surface area contributed by atoms with E-state index < -0.39 is 11.7 Å². The number of carbonyl (C=O) groups excluding carboxylic acids is 1. The van der Waals surface area contributed by atoms with Crippen LogP contribution in [0.3, 0.4) is 0 Å². The van der Waals surface area contributed by atoms with Crippen molar-refractivity contribution in [3.8, 4) is 0 Å². The van der Waals surface area contributed by atoms with Crippen LogP contribution >= 0.6 is 0 Å². The summed E-state index contributed by atoms with van der Waals surface area (Å²) in [5, 5.41) is 5.69. The van der Waals surface area contributed by atoms with Gasteiger partial charge < -0.3 is 16.4 Å². The summed E-state index contributed by atoms with van der Waals surface area (Å²) < 4.78 is 39.3. The van der Waals surface area contributed by atoms with Crippen LogP contribution in [0.5, 0.6) is 0 Å². The first-order valence-corrected chi connectivity index (χ1v) is 9.21. The molecule has 5 nitrogen and oxygen atoms in total. The Morgan fingerprint density at radius 3 is 2.57 bits per heavy atom. The van der Waals surface area contributed by atoms with Gasteiger partial charge in [-0.2, -0.15) is 13.2 Å². The third-order valence-corrected chi connectivity index (χ3v) is 4.36. The van der Waals surface area contributed by atoms with E-state index in [0.29, 0.717) is 13.1 Å². The number of rotatable bonds is 9. The van der Waals surface area contributed by atoms with Crippen molar-refractivity contribution in [1.29, 1.82) is 0 Å². The van der Waals surface area contributed by atoms with Crippen molar-refractivity contribution in [1.82, 2.24) is 10.3 Å². The highest BCUT2D eigenvalue weighted by Gasteiger charge is 2.33. The van der Waals surface area contributed by atoms with E-state index in [9.17, 15) is 18.0 Å². The van der Waals surface area contributed by atoms with Crippen molar-refractivity contribution in [2.75, 3.05) is 18.4 Å². The Morgan fingerprint density at radius 2 is 1.86 bits per heavy atom. The number of hydrogen-bond donors (Lipinski definition) is 3. The number of anilines is 2. The molecule has 0 fully saturated rings. The Balaban J connectivity index is 2.09. The minimum atomic E-state index is -4.45. The van der Waals surface area contributed by atoms with Gasteiger partial charge in [-0.25, -0.2) is 4.98 Å². The first-order valence-electron chi connectivity index (χ1n) is 9.21. The average Bonchev–Trinajstić information content (AvgIpc) is 2.65. The molecule has 0 spiro atoms. The number of benzene rings is 1. The molecule has 0 aliphatic carbocycles. The Morgan fingerprint density at radius 1 is 1.11 bits per heavy atom. The summed E-state index contributed by atoms with van der Waals surface area (Å²) in [4.78, 5) is 16.6. The van der Waals surface area contributed by atoms with E-state index in [-0.39, 0.29) is 28.5 Å². The zero-order valence-electron chi connectivity index (χ0n) is 15.8. The highest BCUT2D eigenvalue weighted by atomic mass is 19.4. The lowest BCUT2D eigenvalue weighted by atomic mass is 10.1. The number of unbranched alkanes of at least 4 members (excludes halogenated alkanes) is 3. The Labute approximate surface area is 162 Å². The fourth-order valence-electron chi connectivity index (χ4n) is 2.81. The Bertz CT molecular complexity index is 793. The molecule has 0 unspecified atom stereocenters. The maximum absolute atomic E-state index is 13.1. The second kappa shape index (κ2) is 10.1. The van der Waals surface area contributed by atoms with Crippen LogP contribution < -0.4 is 16.4 Å². The van der Waals surface area contributed by atoms with Crippen molar-refractivity contribution in [3.05, 3.63) is 53.2 Å². The largest absolute Gasteiger partial charge is 0.416 e. The highest BCUT2D eigenvalue weighted by molar-refractivity contribution is 5.99. The third-order valence-electron chi connectivity index (χ3n) is 4.36. The van der Waals surface area contributed by atoms with E-state index in [2.05, 4.69) is 15.6 Å². The monoisotopic (exact) mass is 394 g/mol. The summed E-state index contributed by atoms with van der Waals surface area (Å²) in [6.45, 7) is 2.56. The summed E-state index contributed by atoms with van der Waals surface area (Å²) >= 11 is 0. The number of nitrogens with one attached hydrogen (secondary N) is 2. The second-order valence-corrected chi connectivity index (χ2v) is 6.46. The van der Waals surface area contributed by atoms with E-state index in [4.69, 9.17) is 5.73 Å². The molecule has 0 aliphatic rings. The minimum absolute atomic E-state index is 0.0481. The molecular formula is C20H25F3N4O. The fourth-order valence-corrected chi connectivity index (χ4v) is 2.81. The van der Waals surface area contributed by atoms with Crippen LogP contribution in [0.15, 0.2) is 36.5 Å². The van der Waals surface area contributed by atoms with Gasteiger partial charge in [0.15, 0.2) is 0 Å². The first-order chi connectivity index (χ1) is 13.3. The number of carbonyl (C=O) groups is 1. The van der Waals surface area contributed by atoms with Gasteiger partial charge in [0.2, 0.25) is 0 Å². The quantitative estimate of drug-likeness (QED) is 0.551. The van der Waals surface area contributed by atoms with Gasteiger partial charge in [-0.3, -0.25) is 4.79 Å². The molecule has 0 saturated heterocycles. The van der Waals surface area contributed by atoms with E-state index in [1.165, 1.54) is 25.3 Å². The molecule has 0 bridgehead atoms. The molecule has 0 saturated carbocycles. The van der Waals surface area contributed by atoms with Gasteiger partial charge in [0.05, 0.1) is 11.1 Å². The molecule has 1 aromatic heterocycles. The van der Waals surface area contributed by atoms with Gasteiger partial charge in [-0.1, -0.05) is 18.9 Å². The number of pyridine rings is 1. The molecule has 8 heteroatoms. The fraction of sp³-hybridized carbons (Fsp3) is 0.400. The van der Waals surface area contributed by atoms with Gasteiger partial charge >= 0.3 is 6.18 Å². The van der Waals surface area contributed by atoms with Crippen LogP contribution in [-0.4, -0.2) is 24.0 Å². The van der Waals surface area contributed by atoms with Crippen molar-refractivity contribution in [2.45, 2.75) is 38.8 Å². The van der Waals surface area contributed by atoms with Crippen LogP contribution in [0, 0.1) is 6.92 Å². The van der Waals surface area contributed by atoms with Crippen LogP contribution in [-0.2, 0) is 6.18 Å². The SMILES string of the molecule is Cc1c(Nc2ncccc2C(=O)NCCCCCCN)cccc1C(F)(F)F. The van der Waals surface area contributed by atoms with Gasteiger partial charge in [0, 0.05) is 18.4 Å². The Kier molecular flexibility index (Phi) is 7.80. The number of alkyl halides is 3. The smallest absolute Gasteiger partial charge is 0.352 e. The normalized spacial score (nSPS) is 11.3. The summed E-state index contributed by atoms with van der Waals surface area (Å²) in [7, 11) is 0. The highest BCUT2D eigenvalue weighted by Crippen LogP contribution is 2.35. The van der Waals surface area contributed by atoms with E-state index in [1.807, 2.05) is 0 Å². The number of aromatic nitrogens is 1. The summed E-state index contributed by atoms with van der Waals surface area (Å²) in [6.07, 6.45) is 0.813. The maximum atomic E-state index is 13.1. The van der Waals surface area contributed by atoms with Crippen LogP contribution in [0.1, 0.15) is 47.2 Å². The predicted molar refractivity (Wildman–Crippen MR) is 104 cm³/mol. The number of nitrogens with two attached hydrogens (primary N) is 1. The van der Waals surface area contributed by atoms with Crippen LogP contribution in [0.2, 0.25) is 0 Å². The molecule has 28 heavy (non-hydrogen) atoms. The van der Waals surface area contributed by atoms with Gasteiger partial charge in [-0.15, -0.1) is 0 Å². The molecule has 1 amide bonds. The topological polar surface area (TPSA) is 80.0 Å². The maximum Gasteiger partial charge on any atom is 0.416 e. The van der Waals surface area contributed by atoms with Crippen molar-refractivity contribution in [3.63, 3.8) is 0 Å². The molecule has 0 atom stereocenters. The molecule has 0 radical (unpaired) electrons. The molecule has 1 aromatic carbocycles. The van der Waals surface area contributed by atoms with Gasteiger partial charge in [-0.05, 0) is 56.1 Å². The van der Waals surface area contributed by atoms with Crippen molar-refractivity contribution in [2.24, 2.45) is 5.73 Å². The lowest BCUT2D eigenvalue weighted by Crippen LogP contribution is -2.25. The second-order valence-electron chi connectivity index (χ2n) is 6.46. The minimum Gasteiger partial charge on any atom is -0.352 e. The number of nitrogens with zero attached hydrogens (tertiary/aromatic N) is 1. The van der Waals surface area contributed by atoms with Gasteiger partial charge in [0.1, 0.15) is 5.82 Å². The van der Waals surface area contributed by atoms with Gasteiger partial charge in [0.25, 0.3) is 5.91 Å². The van der Waals surface area contributed by atoms with Crippen molar-refractivity contribution < 1.29 is 18.0 Å². The predicted octanol–water partition coefficient (Wildman–Crippen LogP) is 4.40. The lowest BCUT2D eigenvalue weighted by Gasteiger charge is -2.16. The summed E-state index contributed by atoms with van der Waals surface area (Å²) in [6, 6.07) is 7.07. The number of halogens is 3. The standard InChI is InChI=1S/C20H25F3N4O/c1-14-16(20(21,22)23)9-6-10-17(14)27-18-15(8-7-13-25-18)19(28)26-12-5-3-2-4-11-24/h6-10,13H,2-5,11-12,24H2,1H3,(H,25,27)(H,26,28). The molecular weight excluding hydrogens is 369 g/mol. The molecule has 0 aliphatic heterocycles. The van der Waals surface area contributed by atoms with E-state index in [1.54, 1.807) is 12.1 Å². The van der Waals surface area contributed by atoms with Crippen LogP contribution in [0.25, 0.3) is 0 Å². The molecule has 2 aromatic rings. The number of amides is 1. The summed E-state index contributed by atoms with van der Waals surface area (Å²) in [5.41, 5.74) is 5.30. The molecule has 4 N–H and O–H groups in total. The first kappa shape index (κ1) is 21.7. The molecule has 1 heterocycles. The zero-order valence-corrected chi connectivity index (χ0v) is 15.8.